The zero-order chi connectivity index (χ0) is 19.8. The number of ether oxygens (including phenoxy) is 1. The minimum atomic E-state index is -0.0191. The van der Waals surface area contributed by atoms with E-state index in [0.717, 1.165) is 31.1 Å². The first kappa shape index (κ1) is 24.5. The second-order valence-corrected chi connectivity index (χ2v) is 7.36. The summed E-state index contributed by atoms with van der Waals surface area (Å²) >= 11 is 0. The van der Waals surface area contributed by atoms with E-state index in [9.17, 15) is 4.79 Å². The first-order valence-corrected chi connectivity index (χ1v) is 9.44. The van der Waals surface area contributed by atoms with E-state index in [0.29, 0.717) is 13.1 Å². The van der Waals surface area contributed by atoms with Gasteiger partial charge in [-0.25, -0.2) is 4.99 Å². The van der Waals surface area contributed by atoms with Gasteiger partial charge >= 0.3 is 0 Å². The van der Waals surface area contributed by atoms with Crippen LogP contribution in [0.15, 0.2) is 29.3 Å². The number of rotatable bonds is 7. The normalized spacial score (nSPS) is 16.3. The summed E-state index contributed by atoms with van der Waals surface area (Å²) in [6, 6.07) is 8.42. The van der Waals surface area contributed by atoms with E-state index in [4.69, 9.17) is 4.74 Å². The molecule has 0 spiro atoms. The first-order chi connectivity index (χ1) is 12.9. The molecular formula is C20H34IN5O2. The number of likely N-dealkylation sites (N-methyl/N-ethyl adjacent to an activating group) is 1. The Kier molecular flexibility index (Phi) is 10.6. The minimum absolute atomic E-state index is 0. The van der Waals surface area contributed by atoms with Crippen molar-refractivity contribution in [2.45, 2.75) is 25.5 Å². The van der Waals surface area contributed by atoms with Gasteiger partial charge in [0, 0.05) is 60.6 Å². The molecule has 158 valence electrons. The van der Waals surface area contributed by atoms with Crippen LogP contribution in [0.3, 0.4) is 0 Å². The van der Waals surface area contributed by atoms with E-state index in [2.05, 4.69) is 39.5 Å². The highest BCUT2D eigenvalue weighted by atomic mass is 127. The molecule has 1 saturated heterocycles. The van der Waals surface area contributed by atoms with Gasteiger partial charge in [0.15, 0.2) is 5.96 Å². The molecule has 28 heavy (non-hydrogen) atoms. The van der Waals surface area contributed by atoms with Gasteiger partial charge in [-0.2, -0.15) is 0 Å². The summed E-state index contributed by atoms with van der Waals surface area (Å²) in [7, 11) is 9.54. The molecule has 1 unspecified atom stereocenters. The van der Waals surface area contributed by atoms with Crippen molar-refractivity contribution < 1.29 is 9.53 Å². The summed E-state index contributed by atoms with van der Waals surface area (Å²) in [6.07, 6.45) is 2.38. The van der Waals surface area contributed by atoms with Crippen LogP contribution in [0.1, 0.15) is 18.4 Å². The van der Waals surface area contributed by atoms with Crippen LogP contribution in [0.5, 0.6) is 0 Å². The summed E-state index contributed by atoms with van der Waals surface area (Å²) in [6.45, 7) is 2.36. The standard InChI is InChI=1S/C20H33N5O2.HI/c1-23(2)17-9-6-8-16(12-17)15-25(5)20(22-14-19(26)24(3)4)21-13-18-10-7-11-27-18;/h6,8-9,12,18H,7,10-11,13-15H2,1-5H3,(H,21,22);1H. The number of halogens is 1. The highest BCUT2D eigenvalue weighted by Crippen LogP contribution is 2.15. The molecule has 1 N–H and O–H groups in total. The summed E-state index contributed by atoms with van der Waals surface area (Å²) < 4.78 is 5.69. The number of amides is 1. The highest BCUT2D eigenvalue weighted by molar-refractivity contribution is 14.0. The molecule has 1 aliphatic rings. The molecule has 0 aliphatic carbocycles. The zero-order valence-electron chi connectivity index (χ0n) is 17.6. The molecular weight excluding hydrogens is 469 g/mol. The Labute approximate surface area is 186 Å². The number of aliphatic imine (C=N–C) groups is 1. The van der Waals surface area contributed by atoms with Gasteiger partial charge in [-0.15, -0.1) is 24.0 Å². The monoisotopic (exact) mass is 503 g/mol. The summed E-state index contributed by atoms with van der Waals surface area (Å²) in [5.74, 6) is 0.699. The minimum Gasteiger partial charge on any atom is -0.378 e. The van der Waals surface area contributed by atoms with Crippen molar-refractivity contribution in [2.75, 3.05) is 59.8 Å². The second-order valence-electron chi connectivity index (χ2n) is 7.36. The van der Waals surface area contributed by atoms with Crippen LogP contribution in [-0.4, -0.2) is 82.7 Å². The molecule has 0 radical (unpaired) electrons. The first-order valence-electron chi connectivity index (χ1n) is 9.44. The maximum absolute atomic E-state index is 12.0. The number of hydrogen-bond donors (Lipinski definition) is 1. The van der Waals surface area contributed by atoms with Gasteiger partial charge in [0.1, 0.15) is 6.54 Å². The molecule has 1 aliphatic heterocycles. The van der Waals surface area contributed by atoms with Gasteiger partial charge in [0.25, 0.3) is 0 Å². The third-order valence-electron chi connectivity index (χ3n) is 4.58. The number of carbonyl (C=O) groups is 1. The van der Waals surface area contributed by atoms with Crippen LogP contribution in [0, 0.1) is 0 Å². The molecule has 7 nitrogen and oxygen atoms in total. The maximum atomic E-state index is 12.0. The molecule has 1 atom stereocenters. The molecule has 2 rings (SSSR count). The Morgan fingerprint density at radius 3 is 2.61 bits per heavy atom. The number of nitrogens with one attached hydrogen (secondary N) is 1. The summed E-state index contributed by atoms with van der Waals surface area (Å²) in [4.78, 5) is 22.2. The van der Waals surface area contributed by atoms with E-state index in [1.54, 1.807) is 19.0 Å². The Balaban J connectivity index is 0.00000392. The molecule has 0 bridgehead atoms. The zero-order valence-corrected chi connectivity index (χ0v) is 20.0. The third kappa shape index (κ3) is 7.83. The van der Waals surface area contributed by atoms with E-state index in [1.165, 1.54) is 5.56 Å². The van der Waals surface area contributed by atoms with Gasteiger partial charge in [-0.1, -0.05) is 12.1 Å². The molecule has 1 heterocycles. The maximum Gasteiger partial charge on any atom is 0.243 e. The number of hydrogen-bond acceptors (Lipinski definition) is 4. The van der Waals surface area contributed by atoms with Crippen molar-refractivity contribution in [1.82, 2.24) is 15.1 Å². The highest BCUT2D eigenvalue weighted by Gasteiger charge is 2.17. The molecule has 1 amide bonds. The fraction of sp³-hybridized carbons (Fsp3) is 0.600. The van der Waals surface area contributed by atoms with Crippen LogP contribution >= 0.6 is 24.0 Å². The Morgan fingerprint density at radius 1 is 1.25 bits per heavy atom. The topological polar surface area (TPSA) is 60.4 Å². The largest absolute Gasteiger partial charge is 0.378 e. The molecule has 1 aromatic rings. The van der Waals surface area contributed by atoms with Gasteiger partial charge in [0.2, 0.25) is 5.91 Å². The van der Waals surface area contributed by atoms with Crippen LogP contribution < -0.4 is 10.2 Å². The van der Waals surface area contributed by atoms with Crippen molar-refractivity contribution in [1.29, 1.82) is 0 Å². The van der Waals surface area contributed by atoms with E-state index < -0.39 is 0 Å². The van der Waals surface area contributed by atoms with Crippen LogP contribution in [0.4, 0.5) is 5.69 Å². The molecule has 0 aromatic heterocycles. The van der Waals surface area contributed by atoms with Gasteiger partial charge in [-0.3, -0.25) is 4.79 Å². The molecule has 0 saturated carbocycles. The van der Waals surface area contributed by atoms with E-state index in [-0.39, 0.29) is 42.5 Å². The average Bonchev–Trinajstić information content (AvgIpc) is 3.15. The predicted molar refractivity (Wildman–Crippen MR) is 126 cm³/mol. The smallest absolute Gasteiger partial charge is 0.243 e. The van der Waals surface area contributed by atoms with Crippen LogP contribution in [0.2, 0.25) is 0 Å². The number of benzene rings is 1. The predicted octanol–water partition coefficient (Wildman–Crippen LogP) is 2.02. The Bertz CT molecular complexity index is 645. The third-order valence-corrected chi connectivity index (χ3v) is 4.58. The fourth-order valence-corrected chi connectivity index (χ4v) is 2.89. The number of guanidine groups is 1. The Hall–Kier alpha value is -1.55. The summed E-state index contributed by atoms with van der Waals surface area (Å²) in [5, 5.41) is 3.38. The SMILES string of the molecule is CN(C)C(=O)CN=C(NCC1CCCO1)N(C)Cc1cccc(N(C)C)c1.I. The summed E-state index contributed by atoms with van der Waals surface area (Å²) in [5.41, 5.74) is 2.35. The number of carbonyl (C=O) groups excluding carboxylic acids is 1. The molecule has 1 aromatic carbocycles. The van der Waals surface area contributed by atoms with Gasteiger partial charge in [-0.05, 0) is 30.5 Å². The van der Waals surface area contributed by atoms with E-state index in [1.807, 2.05) is 26.0 Å². The van der Waals surface area contributed by atoms with Crippen LogP contribution in [-0.2, 0) is 16.1 Å². The van der Waals surface area contributed by atoms with E-state index >= 15 is 0 Å². The van der Waals surface area contributed by atoms with Crippen molar-refractivity contribution in [3.05, 3.63) is 29.8 Å². The average molecular weight is 503 g/mol. The lowest BCUT2D eigenvalue weighted by Gasteiger charge is -2.24. The van der Waals surface area contributed by atoms with Crippen LogP contribution in [0.25, 0.3) is 0 Å². The molecule has 1 fully saturated rings. The second kappa shape index (κ2) is 12.1. The van der Waals surface area contributed by atoms with Gasteiger partial charge in [0.05, 0.1) is 6.10 Å². The quantitative estimate of drug-likeness (QED) is 0.351. The fourth-order valence-electron chi connectivity index (χ4n) is 2.89. The number of nitrogens with zero attached hydrogens (tertiary/aromatic N) is 4. The number of anilines is 1. The molecule has 8 heteroatoms. The van der Waals surface area contributed by atoms with Crippen molar-refractivity contribution in [2.24, 2.45) is 4.99 Å². The lowest BCUT2D eigenvalue weighted by atomic mass is 10.2. The Morgan fingerprint density at radius 2 is 2.00 bits per heavy atom. The lowest BCUT2D eigenvalue weighted by Crippen LogP contribution is -2.42. The van der Waals surface area contributed by atoms with Crippen molar-refractivity contribution >= 4 is 41.5 Å². The lowest BCUT2D eigenvalue weighted by molar-refractivity contribution is -0.127. The van der Waals surface area contributed by atoms with Gasteiger partial charge < -0.3 is 24.8 Å². The van der Waals surface area contributed by atoms with Crippen molar-refractivity contribution in [3.8, 4) is 0 Å². The van der Waals surface area contributed by atoms with Crippen molar-refractivity contribution in [3.63, 3.8) is 0 Å².